The molecule has 0 saturated carbocycles. The van der Waals surface area contributed by atoms with E-state index in [1.807, 2.05) is 43.3 Å². The Morgan fingerprint density at radius 3 is 2.39 bits per heavy atom. The van der Waals surface area contributed by atoms with Crippen LogP contribution in [-0.4, -0.2) is 27.5 Å². The molecule has 0 fully saturated rings. The van der Waals surface area contributed by atoms with E-state index in [0.717, 1.165) is 22.3 Å². The quantitative estimate of drug-likeness (QED) is 0.363. The van der Waals surface area contributed by atoms with Crippen molar-refractivity contribution in [3.63, 3.8) is 0 Å². The van der Waals surface area contributed by atoms with Crippen molar-refractivity contribution in [2.45, 2.75) is 13.5 Å². The van der Waals surface area contributed by atoms with Gasteiger partial charge in [0.25, 0.3) is 5.91 Å². The van der Waals surface area contributed by atoms with Gasteiger partial charge in [-0.1, -0.05) is 36.4 Å². The number of hydrogen-bond donors (Lipinski definition) is 0. The van der Waals surface area contributed by atoms with Gasteiger partial charge in [-0.25, -0.2) is 0 Å². The summed E-state index contributed by atoms with van der Waals surface area (Å²) < 4.78 is 5.87. The van der Waals surface area contributed by atoms with Gasteiger partial charge in [0.1, 0.15) is 0 Å². The summed E-state index contributed by atoms with van der Waals surface area (Å²) >= 11 is 0. The van der Waals surface area contributed by atoms with Crippen LogP contribution in [0.3, 0.4) is 0 Å². The van der Waals surface area contributed by atoms with Crippen LogP contribution in [0.4, 0.5) is 0 Å². The number of carbonyl (C=O) groups excluding carboxylic acids is 1. The summed E-state index contributed by atoms with van der Waals surface area (Å²) in [7, 11) is 0. The van der Waals surface area contributed by atoms with Gasteiger partial charge in [0.15, 0.2) is 0 Å². The molecule has 4 rings (SSSR count). The summed E-state index contributed by atoms with van der Waals surface area (Å²) in [5.41, 5.74) is 4.76. The smallest absolute Gasteiger partial charge is 0.254 e. The summed E-state index contributed by atoms with van der Waals surface area (Å²) in [6.07, 6.45) is 1.70. The first kappa shape index (κ1) is 21.7. The van der Waals surface area contributed by atoms with E-state index in [9.17, 15) is 4.79 Å². The Labute approximate surface area is 192 Å². The molecule has 0 spiro atoms. The average Bonchev–Trinajstić information content (AvgIpc) is 3.34. The summed E-state index contributed by atoms with van der Waals surface area (Å²) in [4.78, 5) is 14.8. The largest absolute Gasteiger partial charge is 0.416 e. The predicted molar refractivity (Wildman–Crippen MR) is 126 cm³/mol. The number of rotatable bonds is 7. The minimum absolute atomic E-state index is 0.114. The number of aromatic nitrogens is 2. The van der Waals surface area contributed by atoms with Crippen LogP contribution < -0.4 is 0 Å². The van der Waals surface area contributed by atoms with Gasteiger partial charge in [0.2, 0.25) is 11.8 Å². The molecule has 0 N–H and O–H groups in total. The lowest BCUT2D eigenvalue weighted by molar-refractivity contribution is 0.0762. The molecule has 0 saturated heterocycles. The molecule has 0 bridgehead atoms. The molecule has 0 aliphatic heterocycles. The molecule has 4 aromatic rings. The molecule has 1 amide bonds. The van der Waals surface area contributed by atoms with E-state index in [-0.39, 0.29) is 5.91 Å². The molecule has 0 radical (unpaired) electrons. The molecule has 0 atom stereocenters. The third-order valence-electron chi connectivity index (χ3n) is 5.27. The highest BCUT2D eigenvalue weighted by molar-refractivity contribution is 5.94. The molecule has 1 heterocycles. The zero-order chi connectivity index (χ0) is 23.2. The van der Waals surface area contributed by atoms with Crippen molar-refractivity contribution in [2.24, 2.45) is 0 Å². The van der Waals surface area contributed by atoms with Crippen LogP contribution in [0.5, 0.6) is 0 Å². The van der Waals surface area contributed by atoms with Gasteiger partial charge in [0, 0.05) is 29.8 Å². The number of carbonyl (C=O) groups is 1. The van der Waals surface area contributed by atoms with Gasteiger partial charge in [-0.05, 0) is 60.5 Å². The summed E-state index contributed by atoms with van der Waals surface area (Å²) in [6.45, 7) is 6.59. The molecule has 33 heavy (non-hydrogen) atoms. The van der Waals surface area contributed by atoms with Crippen LogP contribution >= 0.6 is 0 Å². The van der Waals surface area contributed by atoms with Crippen LogP contribution in [0.25, 0.3) is 22.9 Å². The Hall–Kier alpha value is -4.50. The molecule has 6 heteroatoms. The second-order valence-corrected chi connectivity index (χ2v) is 7.59. The lowest BCUT2D eigenvalue weighted by Gasteiger charge is -2.21. The second-order valence-electron chi connectivity index (χ2n) is 7.59. The first-order chi connectivity index (χ1) is 16.1. The normalized spacial score (nSPS) is 10.4. The molecule has 0 aliphatic rings. The first-order valence-electron chi connectivity index (χ1n) is 10.5. The van der Waals surface area contributed by atoms with Crippen molar-refractivity contribution in [1.82, 2.24) is 15.1 Å². The second kappa shape index (κ2) is 9.75. The Kier molecular flexibility index (Phi) is 6.42. The minimum Gasteiger partial charge on any atom is -0.416 e. The molecule has 1 aromatic heterocycles. The maximum atomic E-state index is 13.1. The summed E-state index contributed by atoms with van der Waals surface area (Å²) in [6, 6.07) is 24.2. The maximum absolute atomic E-state index is 13.1. The van der Waals surface area contributed by atoms with Crippen LogP contribution in [0.15, 0.2) is 89.9 Å². The van der Waals surface area contributed by atoms with E-state index >= 15 is 0 Å². The topological polar surface area (TPSA) is 83.0 Å². The van der Waals surface area contributed by atoms with E-state index in [1.165, 1.54) is 0 Å². The zero-order valence-electron chi connectivity index (χ0n) is 18.2. The molecular weight excluding hydrogens is 412 g/mol. The van der Waals surface area contributed by atoms with E-state index in [4.69, 9.17) is 9.68 Å². The van der Waals surface area contributed by atoms with E-state index in [2.05, 4.69) is 22.8 Å². The Morgan fingerprint density at radius 2 is 1.73 bits per heavy atom. The number of hydrogen-bond acceptors (Lipinski definition) is 5. The highest BCUT2D eigenvalue weighted by Gasteiger charge is 2.17. The lowest BCUT2D eigenvalue weighted by atomic mass is 10.1. The van der Waals surface area contributed by atoms with Crippen molar-refractivity contribution in [3.8, 4) is 29.0 Å². The third-order valence-corrected chi connectivity index (χ3v) is 5.27. The van der Waals surface area contributed by atoms with Crippen molar-refractivity contribution < 1.29 is 9.21 Å². The molecular formula is C27H22N4O2. The third kappa shape index (κ3) is 4.89. The minimum atomic E-state index is -0.114. The Morgan fingerprint density at radius 1 is 1.03 bits per heavy atom. The molecule has 6 nitrogen and oxygen atoms in total. The predicted octanol–water partition coefficient (Wildman–Crippen LogP) is 5.41. The Bertz CT molecular complexity index is 1320. The van der Waals surface area contributed by atoms with Crippen molar-refractivity contribution >= 4 is 5.91 Å². The highest BCUT2D eigenvalue weighted by Crippen LogP contribution is 2.26. The average molecular weight is 434 g/mol. The molecule has 0 aliphatic carbocycles. The van der Waals surface area contributed by atoms with Crippen LogP contribution in [0.2, 0.25) is 0 Å². The summed E-state index contributed by atoms with van der Waals surface area (Å²) in [5, 5.41) is 17.3. The highest BCUT2D eigenvalue weighted by atomic mass is 16.4. The number of nitrogens with zero attached hydrogens (tertiary/aromatic N) is 4. The van der Waals surface area contributed by atoms with E-state index in [0.29, 0.717) is 36.0 Å². The van der Waals surface area contributed by atoms with Crippen molar-refractivity contribution in [2.75, 3.05) is 6.54 Å². The van der Waals surface area contributed by atoms with Gasteiger partial charge in [-0.15, -0.1) is 16.8 Å². The monoisotopic (exact) mass is 434 g/mol. The number of nitriles is 1. The maximum Gasteiger partial charge on any atom is 0.254 e. The van der Waals surface area contributed by atoms with Gasteiger partial charge >= 0.3 is 0 Å². The number of aryl methyl sites for hydroxylation is 1. The SMILES string of the molecule is C=CCN(Cc1ccc(C#N)cc1)C(=O)c1ccc(-c2nnc(-c3ccccc3C)o2)cc1. The van der Waals surface area contributed by atoms with Gasteiger partial charge in [-0.3, -0.25) is 4.79 Å². The molecule has 3 aromatic carbocycles. The molecule has 162 valence electrons. The Balaban J connectivity index is 1.51. The van der Waals surface area contributed by atoms with E-state index < -0.39 is 0 Å². The standard InChI is InChI=1S/C27H22N4O2/c1-3-16-31(18-21-10-8-20(17-28)9-11-21)27(32)23-14-12-22(13-15-23)25-29-30-26(33-25)24-7-5-4-6-19(24)2/h3-15H,1,16,18H2,2H3. The van der Waals surface area contributed by atoms with Crippen LogP contribution in [0.1, 0.15) is 27.0 Å². The summed E-state index contributed by atoms with van der Waals surface area (Å²) in [5.74, 6) is 0.743. The number of amides is 1. The van der Waals surface area contributed by atoms with Crippen LogP contribution in [0, 0.1) is 18.3 Å². The fourth-order valence-electron chi connectivity index (χ4n) is 3.48. The molecule has 0 unspecified atom stereocenters. The van der Waals surface area contributed by atoms with Gasteiger partial charge in [-0.2, -0.15) is 5.26 Å². The van der Waals surface area contributed by atoms with E-state index in [1.54, 1.807) is 47.4 Å². The van der Waals surface area contributed by atoms with Crippen molar-refractivity contribution in [1.29, 1.82) is 5.26 Å². The lowest BCUT2D eigenvalue weighted by Crippen LogP contribution is -2.30. The fourth-order valence-corrected chi connectivity index (χ4v) is 3.48. The van der Waals surface area contributed by atoms with Crippen molar-refractivity contribution in [3.05, 3.63) is 108 Å². The van der Waals surface area contributed by atoms with Crippen LogP contribution in [-0.2, 0) is 6.54 Å². The number of benzene rings is 3. The fraction of sp³-hybridized carbons (Fsp3) is 0.111. The zero-order valence-corrected chi connectivity index (χ0v) is 18.2. The van der Waals surface area contributed by atoms with Gasteiger partial charge in [0.05, 0.1) is 11.6 Å². The van der Waals surface area contributed by atoms with Gasteiger partial charge < -0.3 is 9.32 Å². The first-order valence-corrected chi connectivity index (χ1v) is 10.5.